The lowest BCUT2D eigenvalue weighted by molar-refractivity contribution is 0.102. The summed E-state index contributed by atoms with van der Waals surface area (Å²) >= 11 is 0. The van der Waals surface area contributed by atoms with E-state index in [0.717, 1.165) is 17.1 Å². The van der Waals surface area contributed by atoms with E-state index in [4.69, 9.17) is 9.47 Å². The Morgan fingerprint density at radius 1 is 0.931 bits per heavy atom. The van der Waals surface area contributed by atoms with Crippen molar-refractivity contribution in [1.29, 1.82) is 0 Å². The van der Waals surface area contributed by atoms with Gasteiger partial charge in [-0.3, -0.25) is 4.79 Å². The summed E-state index contributed by atoms with van der Waals surface area (Å²) in [6.07, 6.45) is 1.63. The highest BCUT2D eigenvalue weighted by atomic mass is 16.5. The molecule has 0 saturated carbocycles. The van der Waals surface area contributed by atoms with Crippen molar-refractivity contribution < 1.29 is 14.3 Å². The molecule has 0 aliphatic carbocycles. The minimum absolute atomic E-state index is 0.302. The van der Waals surface area contributed by atoms with Gasteiger partial charge in [0.25, 0.3) is 5.91 Å². The predicted octanol–water partition coefficient (Wildman–Crippen LogP) is 4.16. The fourth-order valence-corrected chi connectivity index (χ4v) is 2.70. The Morgan fingerprint density at radius 3 is 2.24 bits per heavy atom. The van der Waals surface area contributed by atoms with Gasteiger partial charge in [0, 0.05) is 31.5 Å². The van der Waals surface area contributed by atoms with Crippen LogP contribution in [0.5, 0.6) is 11.5 Å². The molecule has 0 radical (unpaired) electrons. The molecule has 1 aromatic heterocycles. The molecular formula is C22H24N4O3. The van der Waals surface area contributed by atoms with Crippen LogP contribution in [-0.4, -0.2) is 39.2 Å². The minimum atomic E-state index is -0.324. The summed E-state index contributed by atoms with van der Waals surface area (Å²) in [6, 6.07) is 16.7. The zero-order valence-electron chi connectivity index (χ0n) is 16.9. The number of aromatic nitrogens is 1. The molecule has 0 bridgehead atoms. The van der Waals surface area contributed by atoms with E-state index < -0.39 is 0 Å². The van der Waals surface area contributed by atoms with Crippen molar-refractivity contribution in [3.8, 4) is 11.5 Å². The number of nitrogens with one attached hydrogen (secondary N) is 2. The number of pyridine rings is 1. The monoisotopic (exact) mass is 392 g/mol. The van der Waals surface area contributed by atoms with Crippen molar-refractivity contribution in [1.82, 2.24) is 4.98 Å². The number of rotatable bonds is 7. The molecular weight excluding hydrogens is 368 g/mol. The third kappa shape index (κ3) is 4.95. The SMILES string of the molecule is COc1ccc(NC(=O)c2ccc(Nc3ccc(N(C)C)cc3)cn2)c(OC)c1. The molecule has 3 rings (SSSR count). The van der Waals surface area contributed by atoms with Gasteiger partial charge >= 0.3 is 0 Å². The number of nitrogens with zero attached hydrogens (tertiary/aromatic N) is 2. The molecule has 1 heterocycles. The number of hydrogen-bond donors (Lipinski definition) is 2. The van der Waals surface area contributed by atoms with Gasteiger partial charge in [-0.05, 0) is 48.5 Å². The van der Waals surface area contributed by atoms with Crippen LogP contribution < -0.4 is 25.0 Å². The van der Waals surface area contributed by atoms with Crippen LogP contribution in [0.3, 0.4) is 0 Å². The summed E-state index contributed by atoms with van der Waals surface area (Å²) < 4.78 is 10.5. The molecule has 1 amide bonds. The molecule has 0 aliphatic heterocycles. The molecule has 0 spiro atoms. The van der Waals surface area contributed by atoms with Gasteiger partial charge in [-0.15, -0.1) is 0 Å². The van der Waals surface area contributed by atoms with E-state index in [-0.39, 0.29) is 5.91 Å². The number of benzene rings is 2. The number of hydrogen-bond acceptors (Lipinski definition) is 6. The van der Waals surface area contributed by atoms with Crippen LogP contribution in [0.1, 0.15) is 10.5 Å². The topological polar surface area (TPSA) is 75.7 Å². The van der Waals surface area contributed by atoms with Crippen molar-refractivity contribution in [3.05, 3.63) is 66.5 Å². The lowest BCUT2D eigenvalue weighted by atomic mass is 10.2. The van der Waals surface area contributed by atoms with Gasteiger partial charge in [-0.2, -0.15) is 0 Å². The van der Waals surface area contributed by atoms with Crippen molar-refractivity contribution in [2.24, 2.45) is 0 Å². The fraction of sp³-hybridized carbons (Fsp3) is 0.182. The van der Waals surface area contributed by atoms with Gasteiger partial charge in [0.15, 0.2) is 0 Å². The Labute approximate surface area is 170 Å². The molecule has 0 aliphatic rings. The summed E-state index contributed by atoms with van der Waals surface area (Å²) in [5, 5.41) is 6.08. The quantitative estimate of drug-likeness (QED) is 0.629. The van der Waals surface area contributed by atoms with Gasteiger partial charge in [0.05, 0.1) is 31.8 Å². The molecule has 150 valence electrons. The first-order chi connectivity index (χ1) is 14.0. The Bertz CT molecular complexity index is 970. The van der Waals surface area contributed by atoms with E-state index in [1.165, 1.54) is 7.11 Å². The summed E-state index contributed by atoms with van der Waals surface area (Å²) in [5.74, 6) is 0.833. The highest BCUT2D eigenvalue weighted by Crippen LogP contribution is 2.29. The molecule has 7 heteroatoms. The first-order valence-corrected chi connectivity index (χ1v) is 9.04. The molecule has 2 N–H and O–H groups in total. The van der Waals surface area contributed by atoms with Gasteiger partial charge in [0.1, 0.15) is 17.2 Å². The van der Waals surface area contributed by atoms with Crippen LogP contribution >= 0.6 is 0 Å². The maximum atomic E-state index is 12.5. The van der Waals surface area contributed by atoms with Crippen molar-refractivity contribution in [3.63, 3.8) is 0 Å². The van der Waals surface area contributed by atoms with Gasteiger partial charge < -0.3 is 25.0 Å². The van der Waals surface area contributed by atoms with E-state index in [2.05, 4.69) is 15.6 Å². The minimum Gasteiger partial charge on any atom is -0.497 e. The average Bonchev–Trinajstić information content (AvgIpc) is 2.74. The Kier molecular flexibility index (Phi) is 6.19. The Balaban J connectivity index is 1.67. The molecule has 0 unspecified atom stereocenters. The van der Waals surface area contributed by atoms with E-state index >= 15 is 0 Å². The highest BCUT2D eigenvalue weighted by molar-refractivity contribution is 6.03. The van der Waals surface area contributed by atoms with Gasteiger partial charge in [-0.1, -0.05) is 0 Å². The molecule has 2 aromatic carbocycles. The van der Waals surface area contributed by atoms with Crippen LogP contribution in [0.2, 0.25) is 0 Å². The largest absolute Gasteiger partial charge is 0.497 e. The summed E-state index contributed by atoms with van der Waals surface area (Å²) in [7, 11) is 7.10. The third-order valence-electron chi connectivity index (χ3n) is 4.33. The maximum absolute atomic E-state index is 12.5. The van der Waals surface area contributed by atoms with Crippen molar-refractivity contribution in [2.45, 2.75) is 0 Å². The highest BCUT2D eigenvalue weighted by Gasteiger charge is 2.12. The standard InChI is InChI=1S/C22H24N4O3/c1-26(2)17-8-5-15(6-9-17)24-16-7-11-20(23-14-16)22(27)25-19-12-10-18(28-3)13-21(19)29-4/h5-14,24H,1-4H3,(H,25,27). The second-order valence-electron chi connectivity index (χ2n) is 6.52. The summed E-state index contributed by atoms with van der Waals surface area (Å²) in [4.78, 5) is 18.8. The first kappa shape index (κ1) is 20.0. The lowest BCUT2D eigenvalue weighted by Gasteiger charge is -2.13. The summed E-state index contributed by atoms with van der Waals surface area (Å²) in [5.41, 5.74) is 3.70. The summed E-state index contributed by atoms with van der Waals surface area (Å²) in [6.45, 7) is 0. The predicted molar refractivity (Wildman–Crippen MR) is 116 cm³/mol. The molecule has 0 saturated heterocycles. The van der Waals surface area contributed by atoms with E-state index in [1.54, 1.807) is 37.6 Å². The Morgan fingerprint density at radius 2 is 1.66 bits per heavy atom. The zero-order chi connectivity index (χ0) is 20.8. The number of ether oxygens (including phenoxy) is 2. The molecule has 3 aromatic rings. The van der Waals surface area contributed by atoms with Crippen LogP contribution in [0.25, 0.3) is 0 Å². The lowest BCUT2D eigenvalue weighted by Crippen LogP contribution is -2.14. The normalized spacial score (nSPS) is 10.2. The number of amides is 1. The number of carbonyl (C=O) groups is 1. The smallest absolute Gasteiger partial charge is 0.274 e. The number of anilines is 4. The fourth-order valence-electron chi connectivity index (χ4n) is 2.70. The van der Waals surface area contributed by atoms with E-state index in [9.17, 15) is 4.79 Å². The van der Waals surface area contributed by atoms with E-state index in [1.807, 2.05) is 49.3 Å². The Hall–Kier alpha value is -3.74. The van der Waals surface area contributed by atoms with Crippen LogP contribution in [0.4, 0.5) is 22.7 Å². The zero-order valence-corrected chi connectivity index (χ0v) is 16.9. The molecule has 7 nitrogen and oxygen atoms in total. The average molecular weight is 392 g/mol. The van der Waals surface area contributed by atoms with Crippen LogP contribution in [0.15, 0.2) is 60.8 Å². The van der Waals surface area contributed by atoms with Crippen molar-refractivity contribution >= 4 is 28.7 Å². The maximum Gasteiger partial charge on any atom is 0.274 e. The van der Waals surface area contributed by atoms with Crippen molar-refractivity contribution in [2.75, 3.05) is 43.8 Å². The first-order valence-electron chi connectivity index (χ1n) is 9.04. The second kappa shape index (κ2) is 8.97. The number of methoxy groups -OCH3 is 2. The van der Waals surface area contributed by atoms with Crippen LogP contribution in [0, 0.1) is 0 Å². The van der Waals surface area contributed by atoms with E-state index in [0.29, 0.717) is 22.9 Å². The van der Waals surface area contributed by atoms with Gasteiger partial charge in [-0.25, -0.2) is 4.98 Å². The van der Waals surface area contributed by atoms with Crippen LogP contribution in [-0.2, 0) is 0 Å². The second-order valence-corrected chi connectivity index (χ2v) is 6.52. The molecule has 0 fully saturated rings. The molecule has 29 heavy (non-hydrogen) atoms. The van der Waals surface area contributed by atoms with Gasteiger partial charge in [0.2, 0.25) is 0 Å². The molecule has 0 atom stereocenters. The third-order valence-corrected chi connectivity index (χ3v) is 4.33. The number of carbonyl (C=O) groups excluding carboxylic acids is 1.